The number of aromatic nitrogens is 1. The fraction of sp³-hybridized carbons (Fsp3) is 0.586. The van der Waals surface area contributed by atoms with Crippen molar-refractivity contribution in [3.05, 3.63) is 63.0 Å². The Morgan fingerprint density at radius 3 is 2.39 bits per heavy atom. The third-order valence-electron chi connectivity index (χ3n) is 9.13. The Kier molecular flexibility index (Phi) is 5.93. The molecule has 0 bridgehead atoms. The Morgan fingerprint density at radius 1 is 1.11 bits per heavy atom. The van der Waals surface area contributed by atoms with E-state index in [2.05, 4.69) is 0 Å². The van der Waals surface area contributed by atoms with Gasteiger partial charge < -0.3 is 19.7 Å². The van der Waals surface area contributed by atoms with E-state index >= 15 is 0 Å². The molecule has 1 aromatic heterocycles. The van der Waals surface area contributed by atoms with Gasteiger partial charge in [0, 0.05) is 48.3 Å². The molecule has 6 rings (SSSR count). The molecule has 2 aliphatic carbocycles. The van der Waals surface area contributed by atoms with Crippen LogP contribution in [-0.2, 0) is 21.3 Å². The van der Waals surface area contributed by atoms with Gasteiger partial charge in [-0.1, -0.05) is 26.3 Å². The molecule has 2 aliphatic heterocycles. The molecule has 3 unspecified atom stereocenters. The van der Waals surface area contributed by atoms with E-state index in [9.17, 15) is 28.6 Å². The van der Waals surface area contributed by atoms with Gasteiger partial charge in [0.15, 0.2) is 0 Å². The average Bonchev–Trinajstić information content (AvgIpc) is 3.17. The Bertz CT molecular complexity index is 1320. The Labute approximate surface area is 219 Å². The zero-order valence-corrected chi connectivity index (χ0v) is 21.4. The second kappa shape index (κ2) is 8.75. The highest BCUT2D eigenvalue weighted by molar-refractivity contribution is 5.56. The molecule has 4 aliphatic rings. The van der Waals surface area contributed by atoms with E-state index in [1.54, 1.807) is 6.07 Å². The molecule has 9 heteroatoms. The maximum Gasteiger partial charge on any atom is 0.417 e. The number of alkyl halides is 3. The van der Waals surface area contributed by atoms with Crippen molar-refractivity contribution < 1.29 is 32.9 Å². The molecule has 6 nitrogen and oxygen atoms in total. The van der Waals surface area contributed by atoms with E-state index < -0.39 is 41.2 Å². The summed E-state index contributed by atoms with van der Waals surface area (Å²) >= 11 is 0. The van der Waals surface area contributed by atoms with Crippen LogP contribution in [0.15, 0.2) is 18.2 Å². The van der Waals surface area contributed by atoms with Crippen LogP contribution in [0.1, 0.15) is 121 Å². The quantitative estimate of drug-likeness (QED) is 0.507. The van der Waals surface area contributed by atoms with E-state index in [1.165, 1.54) is 12.1 Å². The number of hydrogen-bond acceptors (Lipinski definition) is 6. The summed E-state index contributed by atoms with van der Waals surface area (Å²) in [6.07, 6.45) is -2.94. The first-order valence-electron chi connectivity index (χ1n) is 13.3. The van der Waals surface area contributed by atoms with Gasteiger partial charge in [-0.15, -0.1) is 0 Å². The van der Waals surface area contributed by atoms with Gasteiger partial charge in [0.2, 0.25) is 0 Å². The largest absolute Gasteiger partial charge is 0.417 e. The van der Waals surface area contributed by atoms with Crippen LogP contribution in [0.3, 0.4) is 0 Å². The lowest BCUT2D eigenvalue weighted by Crippen LogP contribution is -2.43. The maximum atomic E-state index is 13.5. The predicted octanol–water partition coefficient (Wildman–Crippen LogP) is 5.86. The Balaban J connectivity index is 1.60. The van der Waals surface area contributed by atoms with Crippen LogP contribution in [-0.4, -0.2) is 28.4 Å². The molecule has 3 heterocycles. The predicted molar refractivity (Wildman–Crippen MR) is 130 cm³/mol. The number of benzene rings is 1. The van der Waals surface area contributed by atoms with Gasteiger partial charge in [-0.25, -0.2) is 0 Å². The van der Waals surface area contributed by atoms with E-state index in [1.807, 2.05) is 13.8 Å². The molecule has 2 aromatic rings. The van der Waals surface area contributed by atoms with Crippen molar-refractivity contribution in [3.63, 3.8) is 0 Å². The second-order valence-electron chi connectivity index (χ2n) is 11.6. The van der Waals surface area contributed by atoms with Crippen LogP contribution in [0.5, 0.6) is 0 Å². The van der Waals surface area contributed by atoms with Crippen molar-refractivity contribution >= 4 is 0 Å². The lowest BCUT2D eigenvalue weighted by atomic mass is 9.57. The number of pyridine rings is 1. The molecule has 2 N–H and O–H groups in total. The number of rotatable bonds is 2. The zero-order valence-electron chi connectivity index (χ0n) is 21.4. The summed E-state index contributed by atoms with van der Waals surface area (Å²) in [6, 6.07) is 5.26. The summed E-state index contributed by atoms with van der Waals surface area (Å²) in [5.41, 5.74) is 1.12. The molecule has 0 amide bonds. The minimum atomic E-state index is -4.65. The normalized spacial score (nSPS) is 27.2. The highest BCUT2D eigenvalue weighted by Crippen LogP contribution is 2.63. The molecule has 2 fully saturated rings. The summed E-state index contributed by atoms with van der Waals surface area (Å²) in [5.74, 6) is -0.0800. The highest BCUT2D eigenvalue weighted by atomic mass is 19.4. The van der Waals surface area contributed by atoms with Gasteiger partial charge in [0.05, 0.1) is 34.6 Å². The number of aliphatic hydroxyl groups is 2. The monoisotopic (exact) mass is 528 g/mol. The zero-order chi connectivity index (χ0) is 27.0. The van der Waals surface area contributed by atoms with E-state index in [0.717, 1.165) is 36.5 Å². The van der Waals surface area contributed by atoms with Crippen molar-refractivity contribution in [3.8, 4) is 6.07 Å². The van der Waals surface area contributed by atoms with Crippen molar-refractivity contribution in [2.45, 2.75) is 88.4 Å². The third kappa shape index (κ3) is 3.64. The number of ether oxygens (including phenoxy) is 2. The van der Waals surface area contributed by atoms with E-state index in [4.69, 9.17) is 14.5 Å². The number of hydrogen-bond donors (Lipinski definition) is 2. The lowest BCUT2D eigenvalue weighted by Gasteiger charge is -2.51. The topological polar surface area (TPSA) is 95.6 Å². The van der Waals surface area contributed by atoms with Crippen LogP contribution < -0.4 is 0 Å². The number of nitrogens with zero attached hydrogens (tertiary/aromatic N) is 2. The summed E-state index contributed by atoms with van der Waals surface area (Å²) < 4.78 is 53.1. The minimum Gasteiger partial charge on any atom is -0.388 e. The van der Waals surface area contributed by atoms with Crippen LogP contribution in [0.2, 0.25) is 0 Å². The van der Waals surface area contributed by atoms with Crippen LogP contribution in [0.4, 0.5) is 13.2 Å². The highest BCUT2D eigenvalue weighted by Gasteiger charge is 2.56. The summed E-state index contributed by atoms with van der Waals surface area (Å²) in [5, 5.41) is 32.6. The standard InChI is InChI=1S/C29H31F3N2O4/c1-15(2)23-21-22(20-19(35)13-27(6-3-7-27)26(36)24(20)34-23)28(8-10-37-11-9-28)38-25(21)16-4-5-18(29(30,31)32)17(12-16)14-33/h4-5,12,15,19,25-26,35-36H,3,6-11,13H2,1-2H3. The molecular formula is C29H31F3N2O4. The summed E-state index contributed by atoms with van der Waals surface area (Å²) in [7, 11) is 0. The second-order valence-corrected chi connectivity index (χ2v) is 11.6. The van der Waals surface area contributed by atoms with Crippen LogP contribution in [0.25, 0.3) is 0 Å². The summed E-state index contributed by atoms with van der Waals surface area (Å²) in [4.78, 5) is 4.98. The first-order valence-corrected chi connectivity index (χ1v) is 13.3. The van der Waals surface area contributed by atoms with Crippen molar-refractivity contribution in [1.29, 1.82) is 5.26 Å². The van der Waals surface area contributed by atoms with Gasteiger partial charge in [-0.2, -0.15) is 18.4 Å². The smallest absolute Gasteiger partial charge is 0.388 e. The number of aliphatic hydroxyl groups excluding tert-OH is 2. The van der Waals surface area contributed by atoms with E-state index in [0.29, 0.717) is 55.0 Å². The molecule has 1 saturated heterocycles. The maximum absolute atomic E-state index is 13.5. The molecule has 3 atom stereocenters. The minimum absolute atomic E-state index is 0.0800. The van der Waals surface area contributed by atoms with Crippen LogP contribution in [0, 0.1) is 16.7 Å². The number of fused-ring (bicyclic) bond motifs is 4. The van der Waals surface area contributed by atoms with Gasteiger partial charge in [0.25, 0.3) is 0 Å². The summed E-state index contributed by atoms with van der Waals surface area (Å²) in [6.45, 7) is 4.83. The van der Waals surface area contributed by atoms with Crippen LogP contribution >= 0.6 is 0 Å². The third-order valence-corrected chi connectivity index (χ3v) is 9.13. The fourth-order valence-electron chi connectivity index (χ4n) is 7.10. The number of nitriles is 1. The lowest BCUT2D eigenvalue weighted by molar-refractivity contribution is -0.138. The molecule has 2 spiro atoms. The Morgan fingerprint density at radius 2 is 1.82 bits per heavy atom. The van der Waals surface area contributed by atoms with Gasteiger partial charge >= 0.3 is 6.18 Å². The van der Waals surface area contributed by atoms with Crippen molar-refractivity contribution in [2.75, 3.05) is 13.2 Å². The first-order chi connectivity index (χ1) is 18.0. The molecule has 38 heavy (non-hydrogen) atoms. The average molecular weight is 529 g/mol. The van der Waals surface area contributed by atoms with Crippen molar-refractivity contribution in [1.82, 2.24) is 4.98 Å². The van der Waals surface area contributed by atoms with E-state index in [-0.39, 0.29) is 11.3 Å². The molecule has 202 valence electrons. The SMILES string of the molecule is CC(C)c1nc2c(c3c1C(c1ccc(C(F)(F)F)c(C#N)c1)OC31CCOCC1)C(O)CC1(CCC1)C2O. The molecule has 0 radical (unpaired) electrons. The number of halogens is 3. The van der Waals surface area contributed by atoms with Gasteiger partial charge in [-0.05, 0) is 48.4 Å². The molecule has 1 saturated carbocycles. The van der Waals surface area contributed by atoms with Gasteiger partial charge in [-0.3, -0.25) is 4.98 Å². The Hall–Kier alpha value is -2.51. The van der Waals surface area contributed by atoms with Gasteiger partial charge in [0.1, 0.15) is 12.2 Å². The fourth-order valence-corrected chi connectivity index (χ4v) is 7.10. The first kappa shape index (κ1) is 25.8. The van der Waals surface area contributed by atoms with Crippen molar-refractivity contribution in [2.24, 2.45) is 5.41 Å². The molecule has 1 aromatic carbocycles. The molecular weight excluding hydrogens is 497 g/mol.